The summed E-state index contributed by atoms with van der Waals surface area (Å²) in [6, 6.07) is 6.48. The molecule has 0 saturated heterocycles. The van der Waals surface area contributed by atoms with Crippen molar-refractivity contribution in [1.29, 1.82) is 0 Å². The molecule has 20 heavy (non-hydrogen) atoms. The predicted molar refractivity (Wildman–Crippen MR) is 77.5 cm³/mol. The molecule has 1 heterocycles. The van der Waals surface area contributed by atoms with Gasteiger partial charge >= 0.3 is 12.1 Å². The minimum absolute atomic E-state index is 0.0163. The van der Waals surface area contributed by atoms with Crippen LogP contribution >= 0.6 is 22.6 Å². The van der Waals surface area contributed by atoms with Crippen molar-refractivity contribution >= 4 is 40.3 Å². The fourth-order valence-electron chi connectivity index (χ4n) is 1.88. The van der Waals surface area contributed by atoms with Gasteiger partial charge in [-0.3, -0.25) is 0 Å². The Bertz CT molecular complexity index is 571. The Morgan fingerprint density at radius 3 is 2.65 bits per heavy atom. The number of hydrogen-bond donors (Lipinski definition) is 1. The first-order valence-corrected chi connectivity index (χ1v) is 6.89. The van der Waals surface area contributed by atoms with Gasteiger partial charge in [-0.1, -0.05) is 18.2 Å². The van der Waals surface area contributed by atoms with Crippen LogP contribution in [0.3, 0.4) is 0 Å². The van der Waals surface area contributed by atoms with Gasteiger partial charge < -0.3 is 10.1 Å². The largest absolute Gasteiger partial charge is 0.463 e. The molecule has 0 saturated carbocycles. The number of carbonyl (C=O) groups is 1. The first-order chi connectivity index (χ1) is 9.29. The van der Waals surface area contributed by atoms with Crippen LogP contribution in [0.15, 0.2) is 29.8 Å². The second-order valence-electron chi connectivity index (χ2n) is 4.15. The van der Waals surface area contributed by atoms with Crippen LogP contribution < -0.4 is 5.32 Å². The lowest BCUT2D eigenvalue weighted by atomic mass is 9.97. The van der Waals surface area contributed by atoms with Crippen molar-refractivity contribution in [3.63, 3.8) is 0 Å². The second-order valence-corrected chi connectivity index (χ2v) is 5.77. The molecule has 0 bridgehead atoms. The zero-order chi connectivity index (χ0) is 15.0. The molecule has 3 nitrogen and oxygen atoms in total. The summed E-state index contributed by atoms with van der Waals surface area (Å²) >= 11 is 1.21. The minimum Gasteiger partial charge on any atom is -0.463 e. The lowest BCUT2D eigenvalue weighted by Gasteiger charge is -2.36. The van der Waals surface area contributed by atoms with E-state index in [-0.39, 0.29) is 6.61 Å². The number of rotatable bonds is 2. The number of hydrogen-bond acceptors (Lipinski definition) is 3. The number of alkyl halides is 4. The maximum Gasteiger partial charge on any atom is 0.425 e. The fraction of sp³-hybridized carbons (Fsp3) is 0.308. The Labute approximate surface area is 127 Å². The molecule has 0 radical (unpaired) electrons. The van der Waals surface area contributed by atoms with E-state index in [4.69, 9.17) is 4.74 Å². The lowest BCUT2D eigenvalue weighted by molar-refractivity contribution is -0.152. The van der Waals surface area contributed by atoms with Crippen LogP contribution in [0.2, 0.25) is 0 Å². The highest BCUT2D eigenvalue weighted by Crippen LogP contribution is 2.48. The SMILES string of the molecule is CCOC(=O)C1=Cc2ccccc2NC1(I)C(F)(F)F. The summed E-state index contributed by atoms with van der Waals surface area (Å²) in [7, 11) is 0. The third kappa shape index (κ3) is 2.50. The van der Waals surface area contributed by atoms with Gasteiger partial charge in [-0.15, -0.1) is 0 Å². The van der Waals surface area contributed by atoms with E-state index in [1.807, 2.05) is 0 Å². The Kier molecular flexibility index (Phi) is 3.99. The topological polar surface area (TPSA) is 38.3 Å². The van der Waals surface area contributed by atoms with Crippen molar-refractivity contribution < 1.29 is 22.7 Å². The van der Waals surface area contributed by atoms with Gasteiger partial charge in [0.1, 0.15) is 0 Å². The normalized spacial score (nSPS) is 21.6. The Morgan fingerprint density at radius 2 is 2.05 bits per heavy atom. The average molecular weight is 397 g/mol. The molecular formula is C13H11F3INO2. The maximum atomic E-state index is 13.4. The molecule has 1 unspecified atom stereocenters. The van der Waals surface area contributed by atoms with E-state index in [1.165, 1.54) is 34.7 Å². The molecule has 0 spiro atoms. The van der Waals surface area contributed by atoms with Crippen molar-refractivity contribution in [3.8, 4) is 0 Å². The number of halogens is 4. The van der Waals surface area contributed by atoms with Crippen LogP contribution in [0, 0.1) is 0 Å². The quantitative estimate of drug-likeness (QED) is 0.358. The molecule has 1 aromatic carbocycles. The Balaban J connectivity index is 2.56. The van der Waals surface area contributed by atoms with Gasteiger partial charge in [-0.05, 0) is 47.2 Å². The van der Waals surface area contributed by atoms with Crippen molar-refractivity contribution in [2.45, 2.75) is 16.6 Å². The highest BCUT2D eigenvalue weighted by molar-refractivity contribution is 14.1. The molecular weight excluding hydrogens is 386 g/mol. The summed E-state index contributed by atoms with van der Waals surface area (Å²) in [6.07, 6.45) is -3.41. The van der Waals surface area contributed by atoms with Gasteiger partial charge in [-0.25, -0.2) is 4.79 Å². The van der Waals surface area contributed by atoms with Gasteiger partial charge in [0.05, 0.1) is 12.2 Å². The first kappa shape index (κ1) is 15.1. The molecule has 1 N–H and O–H groups in total. The van der Waals surface area contributed by atoms with Crippen molar-refractivity contribution in [3.05, 3.63) is 35.4 Å². The Hall–Kier alpha value is -1.25. The van der Waals surface area contributed by atoms with E-state index in [9.17, 15) is 18.0 Å². The Morgan fingerprint density at radius 1 is 1.40 bits per heavy atom. The number of carbonyl (C=O) groups excluding carboxylic acids is 1. The third-order valence-corrected chi connectivity index (χ3v) is 4.29. The van der Waals surface area contributed by atoms with Gasteiger partial charge in [0.2, 0.25) is 3.55 Å². The van der Waals surface area contributed by atoms with Gasteiger partial charge in [0.25, 0.3) is 0 Å². The molecule has 1 aromatic rings. The molecule has 1 aliphatic heterocycles. The molecule has 0 aromatic heterocycles. The molecule has 1 aliphatic rings. The van der Waals surface area contributed by atoms with E-state index >= 15 is 0 Å². The van der Waals surface area contributed by atoms with Crippen LogP contribution in [-0.2, 0) is 9.53 Å². The van der Waals surface area contributed by atoms with E-state index in [1.54, 1.807) is 25.1 Å². The summed E-state index contributed by atoms with van der Waals surface area (Å²) in [4.78, 5) is 11.8. The predicted octanol–water partition coefficient (Wildman–Crippen LogP) is 3.75. The molecule has 7 heteroatoms. The van der Waals surface area contributed by atoms with Crippen molar-refractivity contribution in [2.24, 2.45) is 0 Å². The zero-order valence-electron chi connectivity index (χ0n) is 10.4. The van der Waals surface area contributed by atoms with Crippen LogP contribution in [0.1, 0.15) is 12.5 Å². The molecule has 108 valence electrons. The van der Waals surface area contributed by atoms with Gasteiger partial charge in [0, 0.05) is 5.69 Å². The van der Waals surface area contributed by atoms with Crippen LogP contribution in [0.25, 0.3) is 6.08 Å². The number of fused-ring (bicyclic) bond motifs is 1. The summed E-state index contributed by atoms with van der Waals surface area (Å²) < 4.78 is 42.3. The third-order valence-electron chi connectivity index (χ3n) is 2.82. The van der Waals surface area contributed by atoms with E-state index in [2.05, 4.69) is 5.32 Å². The second kappa shape index (κ2) is 5.27. The fourth-order valence-corrected chi connectivity index (χ4v) is 2.54. The molecule has 2 rings (SSSR count). The molecule has 0 amide bonds. The number of anilines is 1. The first-order valence-electron chi connectivity index (χ1n) is 5.81. The lowest BCUT2D eigenvalue weighted by Crippen LogP contribution is -2.51. The van der Waals surface area contributed by atoms with Crippen molar-refractivity contribution in [2.75, 3.05) is 11.9 Å². The zero-order valence-corrected chi connectivity index (χ0v) is 12.6. The monoisotopic (exact) mass is 397 g/mol. The highest BCUT2D eigenvalue weighted by atomic mass is 127. The molecule has 0 aliphatic carbocycles. The summed E-state index contributed by atoms with van der Waals surface area (Å²) in [5, 5.41) is 2.40. The highest BCUT2D eigenvalue weighted by Gasteiger charge is 2.59. The molecule has 1 atom stereocenters. The minimum atomic E-state index is -4.64. The van der Waals surface area contributed by atoms with Crippen molar-refractivity contribution in [1.82, 2.24) is 0 Å². The number of benzene rings is 1. The van der Waals surface area contributed by atoms with E-state index < -0.39 is 21.3 Å². The van der Waals surface area contributed by atoms with E-state index in [0.29, 0.717) is 11.3 Å². The smallest absolute Gasteiger partial charge is 0.425 e. The van der Waals surface area contributed by atoms with Gasteiger partial charge in [-0.2, -0.15) is 13.2 Å². The van der Waals surface area contributed by atoms with Crippen LogP contribution in [-0.4, -0.2) is 22.3 Å². The number of nitrogens with one attached hydrogen (secondary N) is 1. The van der Waals surface area contributed by atoms with Crippen LogP contribution in [0.4, 0.5) is 18.9 Å². The number of esters is 1. The number of para-hydroxylation sites is 1. The number of ether oxygens (including phenoxy) is 1. The van der Waals surface area contributed by atoms with E-state index in [0.717, 1.165) is 0 Å². The summed E-state index contributed by atoms with van der Waals surface area (Å²) in [6.45, 7) is 1.56. The van der Waals surface area contributed by atoms with Crippen LogP contribution in [0.5, 0.6) is 0 Å². The standard InChI is InChI=1S/C13H11F3INO2/c1-2-20-11(19)9-7-8-5-3-4-6-10(8)18-12(9,17)13(14,15)16/h3-7,18H,2H2,1H3. The summed E-state index contributed by atoms with van der Waals surface area (Å²) in [5.41, 5.74) is 0.394. The average Bonchev–Trinajstić information content (AvgIpc) is 2.36. The summed E-state index contributed by atoms with van der Waals surface area (Å²) in [5.74, 6) is -0.971. The molecule has 0 fully saturated rings. The van der Waals surface area contributed by atoms with Gasteiger partial charge in [0.15, 0.2) is 0 Å². The maximum absolute atomic E-state index is 13.4.